The first-order valence-corrected chi connectivity index (χ1v) is 5.59. The molecule has 2 N–H and O–H groups in total. The molecule has 2 aromatic heterocycles. The monoisotopic (exact) mass is 237 g/mol. The maximum Gasteiger partial charge on any atom is 0.268 e. The van der Waals surface area contributed by atoms with Crippen LogP contribution in [0.25, 0.3) is 16.9 Å². The maximum absolute atomic E-state index is 11.6. The van der Waals surface area contributed by atoms with Crippen molar-refractivity contribution in [1.82, 2.24) is 9.38 Å². The summed E-state index contributed by atoms with van der Waals surface area (Å²) in [6, 6.07) is 15.1. The molecule has 1 amide bonds. The highest BCUT2D eigenvalue weighted by atomic mass is 16.1. The van der Waals surface area contributed by atoms with Gasteiger partial charge in [0.05, 0.1) is 0 Å². The minimum atomic E-state index is -0.479. The molecule has 0 fully saturated rings. The van der Waals surface area contributed by atoms with Gasteiger partial charge in [-0.15, -0.1) is 0 Å². The molecule has 88 valence electrons. The molecule has 3 aromatic rings. The Labute approximate surface area is 104 Å². The van der Waals surface area contributed by atoms with Gasteiger partial charge in [0, 0.05) is 11.8 Å². The van der Waals surface area contributed by atoms with Crippen molar-refractivity contribution in [2.75, 3.05) is 0 Å². The highest BCUT2D eigenvalue weighted by molar-refractivity contribution is 5.98. The molecule has 2 heterocycles. The van der Waals surface area contributed by atoms with Gasteiger partial charge < -0.3 is 5.73 Å². The van der Waals surface area contributed by atoms with Gasteiger partial charge in [0.25, 0.3) is 5.91 Å². The number of imidazole rings is 1. The van der Waals surface area contributed by atoms with Crippen LogP contribution in [0.15, 0.2) is 54.7 Å². The zero-order chi connectivity index (χ0) is 12.5. The lowest BCUT2D eigenvalue weighted by molar-refractivity contribution is 0.0995. The normalized spacial score (nSPS) is 10.7. The molecule has 18 heavy (non-hydrogen) atoms. The maximum atomic E-state index is 11.6. The SMILES string of the molecule is NC(=O)c1c(-c2ccccc2)nc2ccccn12. The number of hydrogen-bond acceptors (Lipinski definition) is 2. The second-order valence-electron chi connectivity index (χ2n) is 3.97. The highest BCUT2D eigenvalue weighted by Crippen LogP contribution is 2.23. The number of nitrogens with two attached hydrogens (primary N) is 1. The number of aromatic nitrogens is 2. The van der Waals surface area contributed by atoms with Crippen LogP contribution in [-0.2, 0) is 0 Å². The van der Waals surface area contributed by atoms with Gasteiger partial charge in [0.1, 0.15) is 17.0 Å². The summed E-state index contributed by atoms with van der Waals surface area (Å²) in [5.41, 5.74) is 8.09. The number of hydrogen-bond donors (Lipinski definition) is 1. The van der Waals surface area contributed by atoms with E-state index in [2.05, 4.69) is 4.98 Å². The fourth-order valence-electron chi connectivity index (χ4n) is 2.03. The molecule has 0 saturated heterocycles. The molecule has 0 aliphatic rings. The number of rotatable bonds is 2. The Bertz CT molecular complexity index is 716. The van der Waals surface area contributed by atoms with Gasteiger partial charge in [0.2, 0.25) is 0 Å². The number of nitrogens with zero attached hydrogens (tertiary/aromatic N) is 2. The molecule has 0 aliphatic carbocycles. The van der Waals surface area contributed by atoms with E-state index >= 15 is 0 Å². The average Bonchev–Trinajstić information content (AvgIpc) is 2.79. The molecule has 0 spiro atoms. The topological polar surface area (TPSA) is 60.4 Å². The lowest BCUT2D eigenvalue weighted by Crippen LogP contribution is -2.14. The third-order valence-electron chi connectivity index (χ3n) is 2.81. The van der Waals surface area contributed by atoms with Gasteiger partial charge >= 0.3 is 0 Å². The van der Waals surface area contributed by atoms with Crippen LogP contribution in [0.3, 0.4) is 0 Å². The summed E-state index contributed by atoms with van der Waals surface area (Å²) in [6.07, 6.45) is 1.79. The number of fused-ring (bicyclic) bond motifs is 1. The summed E-state index contributed by atoms with van der Waals surface area (Å²) in [5, 5.41) is 0. The van der Waals surface area contributed by atoms with Gasteiger partial charge in [-0.2, -0.15) is 0 Å². The Balaban J connectivity index is 2.36. The molecule has 3 rings (SSSR count). The first-order valence-electron chi connectivity index (χ1n) is 5.59. The van der Waals surface area contributed by atoms with Crippen LogP contribution < -0.4 is 5.73 Å². The van der Waals surface area contributed by atoms with Crippen molar-refractivity contribution < 1.29 is 4.79 Å². The highest BCUT2D eigenvalue weighted by Gasteiger charge is 2.17. The van der Waals surface area contributed by atoms with E-state index < -0.39 is 5.91 Å². The standard InChI is InChI=1S/C14H11N3O/c15-14(18)13-12(10-6-2-1-3-7-10)16-11-8-4-5-9-17(11)13/h1-9H,(H2,15,18). The van der Waals surface area contributed by atoms with E-state index in [1.54, 1.807) is 10.6 Å². The Kier molecular flexibility index (Phi) is 2.34. The van der Waals surface area contributed by atoms with E-state index in [-0.39, 0.29) is 0 Å². The van der Waals surface area contributed by atoms with Crippen LogP contribution >= 0.6 is 0 Å². The Morgan fingerprint density at radius 3 is 2.50 bits per heavy atom. The number of primary amides is 1. The fraction of sp³-hybridized carbons (Fsp3) is 0. The third kappa shape index (κ3) is 1.55. The molecule has 0 bridgehead atoms. The number of pyridine rings is 1. The summed E-state index contributed by atoms with van der Waals surface area (Å²) in [4.78, 5) is 16.1. The molecular formula is C14H11N3O. The fourth-order valence-corrected chi connectivity index (χ4v) is 2.03. The predicted octanol–water partition coefficient (Wildman–Crippen LogP) is 2.10. The zero-order valence-corrected chi connectivity index (χ0v) is 9.58. The van der Waals surface area contributed by atoms with Crippen LogP contribution in [0.2, 0.25) is 0 Å². The second kappa shape index (κ2) is 4.00. The van der Waals surface area contributed by atoms with E-state index in [1.807, 2.05) is 48.5 Å². The van der Waals surface area contributed by atoms with Crippen LogP contribution in [0.1, 0.15) is 10.5 Å². The van der Waals surface area contributed by atoms with E-state index in [4.69, 9.17) is 5.73 Å². The van der Waals surface area contributed by atoms with Crippen LogP contribution in [-0.4, -0.2) is 15.3 Å². The molecule has 0 unspecified atom stereocenters. The predicted molar refractivity (Wildman–Crippen MR) is 69.1 cm³/mol. The van der Waals surface area contributed by atoms with Gasteiger partial charge in [-0.25, -0.2) is 4.98 Å². The van der Waals surface area contributed by atoms with E-state index in [9.17, 15) is 4.79 Å². The Morgan fingerprint density at radius 2 is 1.78 bits per heavy atom. The average molecular weight is 237 g/mol. The number of amides is 1. The van der Waals surface area contributed by atoms with E-state index in [1.165, 1.54) is 0 Å². The van der Waals surface area contributed by atoms with Gasteiger partial charge in [-0.1, -0.05) is 36.4 Å². The van der Waals surface area contributed by atoms with Gasteiger partial charge in [-0.05, 0) is 12.1 Å². The smallest absolute Gasteiger partial charge is 0.268 e. The van der Waals surface area contributed by atoms with Gasteiger partial charge in [-0.3, -0.25) is 9.20 Å². The van der Waals surface area contributed by atoms with Crippen molar-refractivity contribution in [3.63, 3.8) is 0 Å². The molecule has 0 aliphatic heterocycles. The molecule has 0 radical (unpaired) electrons. The molecular weight excluding hydrogens is 226 g/mol. The van der Waals surface area contributed by atoms with Crippen LogP contribution in [0.4, 0.5) is 0 Å². The minimum absolute atomic E-state index is 0.414. The Morgan fingerprint density at radius 1 is 1.06 bits per heavy atom. The van der Waals surface area contributed by atoms with Crippen molar-refractivity contribution in [2.45, 2.75) is 0 Å². The zero-order valence-electron chi connectivity index (χ0n) is 9.58. The molecule has 4 heteroatoms. The molecule has 4 nitrogen and oxygen atoms in total. The molecule has 0 saturated carbocycles. The van der Waals surface area contributed by atoms with Crippen LogP contribution in [0.5, 0.6) is 0 Å². The first-order chi connectivity index (χ1) is 8.77. The lowest BCUT2D eigenvalue weighted by atomic mass is 10.1. The minimum Gasteiger partial charge on any atom is -0.364 e. The van der Waals surface area contributed by atoms with E-state index in [0.29, 0.717) is 17.0 Å². The van der Waals surface area contributed by atoms with Crippen molar-refractivity contribution in [2.24, 2.45) is 5.73 Å². The largest absolute Gasteiger partial charge is 0.364 e. The summed E-state index contributed by atoms with van der Waals surface area (Å²) < 4.78 is 1.71. The lowest BCUT2D eigenvalue weighted by Gasteiger charge is -2.00. The number of carbonyl (C=O) groups is 1. The quantitative estimate of drug-likeness (QED) is 0.742. The summed E-state index contributed by atoms with van der Waals surface area (Å²) >= 11 is 0. The number of carbonyl (C=O) groups excluding carboxylic acids is 1. The van der Waals surface area contributed by atoms with Crippen molar-refractivity contribution in [3.8, 4) is 11.3 Å². The third-order valence-corrected chi connectivity index (χ3v) is 2.81. The van der Waals surface area contributed by atoms with Crippen molar-refractivity contribution in [1.29, 1.82) is 0 Å². The summed E-state index contributed by atoms with van der Waals surface area (Å²) in [7, 11) is 0. The van der Waals surface area contributed by atoms with E-state index in [0.717, 1.165) is 5.56 Å². The second-order valence-corrected chi connectivity index (χ2v) is 3.97. The van der Waals surface area contributed by atoms with Crippen molar-refractivity contribution in [3.05, 3.63) is 60.4 Å². The molecule has 1 aromatic carbocycles. The van der Waals surface area contributed by atoms with Crippen LogP contribution in [0, 0.1) is 0 Å². The number of benzene rings is 1. The summed E-state index contributed by atoms with van der Waals surface area (Å²) in [5.74, 6) is -0.479. The Hall–Kier alpha value is -2.62. The van der Waals surface area contributed by atoms with Crippen molar-refractivity contribution >= 4 is 11.6 Å². The summed E-state index contributed by atoms with van der Waals surface area (Å²) in [6.45, 7) is 0. The first kappa shape index (κ1) is 10.5. The molecule has 0 atom stereocenters. The van der Waals surface area contributed by atoms with Gasteiger partial charge in [0.15, 0.2) is 0 Å².